The first-order chi connectivity index (χ1) is 16.0. The lowest BCUT2D eigenvalue weighted by atomic mass is 9.98. The number of nitrogens with one attached hydrogen (secondary N) is 1. The van der Waals surface area contributed by atoms with Gasteiger partial charge in [0.1, 0.15) is 12.6 Å². The van der Waals surface area contributed by atoms with Gasteiger partial charge in [-0.15, -0.1) is 0 Å². The third kappa shape index (κ3) is 5.16. The average Bonchev–Trinajstić information content (AvgIpc) is 3.15. The van der Waals surface area contributed by atoms with Crippen molar-refractivity contribution in [1.82, 2.24) is 10.2 Å². The van der Waals surface area contributed by atoms with Gasteiger partial charge in [0, 0.05) is 19.0 Å². The van der Waals surface area contributed by atoms with Crippen molar-refractivity contribution in [2.24, 2.45) is 0 Å². The number of hydrogen-bond donors (Lipinski definition) is 2. The summed E-state index contributed by atoms with van der Waals surface area (Å²) in [4.78, 5) is 38.6. The van der Waals surface area contributed by atoms with Gasteiger partial charge in [-0.25, -0.2) is 4.79 Å². The third-order valence-electron chi connectivity index (χ3n) is 6.40. The molecule has 1 saturated heterocycles. The number of carboxylic acids is 1. The van der Waals surface area contributed by atoms with Crippen molar-refractivity contribution in [2.45, 2.75) is 37.3 Å². The smallest absolute Gasteiger partial charge is 0.407 e. The molecular formula is C25H28N2O5S. The minimum atomic E-state index is -1.17. The normalized spacial score (nSPS) is 16.4. The minimum absolute atomic E-state index is 0.0550. The molecule has 0 saturated carbocycles. The molecule has 2 aromatic carbocycles. The van der Waals surface area contributed by atoms with Crippen LogP contribution in [0.3, 0.4) is 0 Å². The summed E-state index contributed by atoms with van der Waals surface area (Å²) in [6.45, 7) is 0.101. The lowest BCUT2D eigenvalue weighted by molar-refractivity contribution is -0.143. The van der Waals surface area contributed by atoms with Gasteiger partial charge in [0.2, 0.25) is 5.91 Å². The summed E-state index contributed by atoms with van der Waals surface area (Å²) in [5, 5.41) is 11.8. The molecule has 0 radical (unpaired) electrons. The summed E-state index contributed by atoms with van der Waals surface area (Å²) in [7, 11) is 1.68. The maximum atomic E-state index is 13.0. The van der Waals surface area contributed by atoms with Crippen LogP contribution in [0, 0.1) is 0 Å². The number of alkyl carbamates (subject to hydrolysis) is 1. The number of likely N-dealkylation sites (N-methyl/N-ethyl adjacent to an activating group) is 1. The molecule has 0 aromatic heterocycles. The van der Waals surface area contributed by atoms with Crippen molar-refractivity contribution in [3.63, 3.8) is 0 Å². The van der Waals surface area contributed by atoms with Gasteiger partial charge in [-0.1, -0.05) is 48.5 Å². The lowest BCUT2D eigenvalue weighted by Crippen LogP contribution is -2.52. The van der Waals surface area contributed by atoms with Crippen molar-refractivity contribution in [1.29, 1.82) is 0 Å². The number of fused-ring (bicyclic) bond motifs is 3. The number of nitrogens with zero attached hydrogens (tertiary/aromatic N) is 1. The van der Waals surface area contributed by atoms with Crippen molar-refractivity contribution in [2.75, 3.05) is 25.2 Å². The Kier molecular flexibility index (Phi) is 7.23. The molecule has 2 aromatic rings. The van der Waals surface area contributed by atoms with Crippen molar-refractivity contribution >= 4 is 29.7 Å². The van der Waals surface area contributed by atoms with Gasteiger partial charge in [0.25, 0.3) is 0 Å². The van der Waals surface area contributed by atoms with E-state index in [-0.39, 0.29) is 18.6 Å². The molecule has 8 heteroatoms. The van der Waals surface area contributed by atoms with Crippen LogP contribution in [0.2, 0.25) is 0 Å². The zero-order chi connectivity index (χ0) is 23.4. The average molecular weight is 469 g/mol. The predicted octanol–water partition coefficient (Wildman–Crippen LogP) is 3.72. The molecule has 1 unspecified atom stereocenters. The Bertz CT molecular complexity index is 991. The van der Waals surface area contributed by atoms with E-state index in [0.29, 0.717) is 0 Å². The van der Waals surface area contributed by atoms with Gasteiger partial charge >= 0.3 is 12.1 Å². The number of aliphatic carboxylic acids is 1. The monoisotopic (exact) mass is 468 g/mol. The second-order valence-corrected chi connectivity index (χ2v) is 9.64. The quantitative estimate of drug-likeness (QED) is 0.643. The van der Waals surface area contributed by atoms with E-state index in [2.05, 4.69) is 17.4 Å². The van der Waals surface area contributed by atoms with E-state index in [1.807, 2.05) is 48.2 Å². The summed E-state index contributed by atoms with van der Waals surface area (Å²) in [5.74, 6) is 0.263. The van der Waals surface area contributed by atoms with E-state index in [1.54, 1.807) is 11.9 Å². The molecule has 4 rings (SSSR count). The summed E-state index contributed by atoms with van der Waals surface area (Å²) >= 11 is 1.84. The zero-order valence-corrected chi connectivity index (χ0v) is 19.3. The summed E-state index contributed by atoms with van der Waals surface area (Å²) < 4.78 is 5.51. The number of carboxylic acid groups (broad SMARTS) is 1. The molecule has 1 heterocycles. The van der Waals surface area contributed by atoms with Crippen LogP contribution < -0.4 is 5.32 Å². The van der Waals surface area contributed by atoms with Crippen LogP contribution in [0.15, 0.2) is 48.5 Å². The van der Waals surface area contributed by atoms with Crippen LogP contribution in [0.5, 0.6) is 0 Å². The van der Waals surface area contributed by atoms with Gasteiger partial charge in [0.15, 0.2) is 0 Å². The number of carbonyl (C=O) groups is 3. The highest BCUT2D eigenvalue weighted by Crippen LogP contribution is 2.44. The van der Waals surface area contributed by atoms with E-state index >= 15 is 0 Å². The Morgan fingerprint density at radius 3 is 2.21 bits per heavy atom. The first-order valence-electron chi connectivity index (χ1n) is 11.1. The summed E-state index contributed by atoms with van der Waals surface area (Å²) in [6.07, 6.45) is 0.438. The summed E-state index contributed by atoms with van der Waals surface area (Å²) in [6, 6.07) is 14.9. The molecule has 1 fully saturated rings. The van der Waals surface area contributed by atoms with Gasteiger partial charge in [-0.3, -0.25) is 9.59 Å². The van der Waals surface area contributed by atoms with Crippen LogP contribution in [0.25, 0.3) is 11.1 Å². The Balaban J connectivity index is 1.42. The first kappa shape index (κ1) is 23.2. The number of benzene rings is 2. The topological polar surface area (TPSA) is 95.9 Å². The molecule has 174 valence electrons. The Labute approximate surface area is 197 Å². The fourth-order valence-corrected chi connectivity index (χ4v) is 5.74. The predicted molar refractivity (Wildman–Crippen MR) is 127 cm³/mol. The Hall–Kier alpha value is -3.00. The molecule has 1 aliphatic heterocycles. The zero-order valence-electron chi connectivity index (χ0n) is 18.5. The van der Waals surface area contributed by atoms with E-state index in [4.69, 9.17) is 4.74 Å². The molecular weight excluding hydrogens is 440 g/mol. The molecule has 1 atom stereocenters. The first-order valence-corrected chi connectivity index (χ1v) is 12.3. The SMILES string of the molecule is CN(C(=O)C(CC(=O)O)NC(=O)OCC1c2ccccc2-c2ccccc21)C1CCSCC1. The number of thioether (sulfide) groups is 1. The maximum absolute atomic E-state index is 13.0. The van der Waals surface area contributed by atoms with Crippen LogP contribution in [0.1, 0.15) is 36.3 Å². The molecule has 7 nitrogen and oxygen atoms in total. The van der Waals surface area contributed by atoms with E-state index < -0.39 is 30.4 Å². The highest BCUT2D eigenvalue weighted by atomic mass is 32.2. The van der Waals surface area contributed by atoms with Crippen LogP contribution in [-0.2, 0) is 14.3 Å². The maximum Gasteiger partial charge on any atom is 0.407 e. The highest BCUT2D eigenvalue weighted by molar-refractivity contribution is 7.99. The van der Waals surface area contributed by atoms with Crippen LogP contribution in [0.4, 0.5) is 4.79 Å². The molecule has 0 spiro atoms. The van der Waals surface area contributed by atoms with Gasteiger partial charge in [-0.05, 0) is 46.6 Å². The van der Waals surface area contributed by atoms with E-state index in [1.165, 1.54) is 0 Å². The summed E-state index contributed by atoms with van der Waals surface area (Å²) in [5.41, 5.74) is 4.40. The minimum Gasteiger partial charge on any atom is -0.481 e. The van der Waals surface area contributed by atoms with Crippen LogP contribution in [-0.4, -0.2) is 65.2 Å². The Morgan fingerprint density at radius 1 is 1.06 bits per heavy atom. The van der Waals surface area contributed by atoms with Crippen molar-refractivity contribution < 1.29 is 24.2 Å². The van der Waals surface area contributed by atoms with Gasteiger partial charge in [-0.2, -0.15) is 11.8 Å². The number of hydrogen-bond acceptors (Lipinski definition) is 5. The van der Waals surface area contributed by atoms with E-state index in [9.17, 15) is 19.5 Å². The largest absolute Gasteiger partial charge is 0.481 e. The fourth-order valence-electron chi connectivity index (χ4n) is 4.66. The number of amides is 2. The highest BCUT2D eigenvalue weighted by Gasteiger charge is 2.33. The van der Waals surface area contributed by atoms with Crippen LogP contribution >= 0.6 is 11.8 Å². The number of ether oxygens (including phenoxy) is 1. The molecule has 2 N–H and O–H groups in total. The van der Waals surface area contributed by atoms with Crippen molar-refractivity contribution in [3.05, 3.63) is 59.7 Å². The standard InChI is InChI=1S/C25H28N2O5S/c1-27(16-10-12-33-13-11-16)24(30)22(14-23(28)29)26-25(31)32-15-21-19-8-4-2-6-17(19)18-7-3-5-9-20(18)21/h2-9,16,21-22H,10-15H2,1H3,(H,26,31)(H,28,29). The molecule has 0 bridgehead atoms. The molecule has 33 heavy (non-hydrogen) atoms. The van der Waals surface area contributed by atoms with Crippen molar-refractivity contribution in [3.8, 4) is 11.1 Å². The molecule has 1 aliphatic carbocycles. The molecule has 2 aliphatic rings. The number of carbonyl (C=O) groups excluding carboxylic acids is 2. The second-order valence-electron chi connectivity index (χ2n) is 8.41. The number of rotatable bonds is 7. The second kappa shape index (κ2) is 10.3. The van der Waals surface area contributed by atoms with Gasteiger partial charge in [0.05, 0.1) is 6.42 Å². The lowest BCUT2D eigenvalue weighted by Gasteiger charge is -2.33. The van der Waals surface area contributed by atoms with E-state index in [0.717, 1.165) is 46.6 Å². The molecule has 2 amide bonds. The third-order valence-corrected chi connectivity index (χ3v) is 7.45. The Morgan fingerprint density at radius 2 is 1.64 bits per heavy atom. The fraction of sp³-hybridized carbons (Fsp3) is 0.400. The van der Waals surface area contributed by atoms with Gasteiger partial charge < -0.3 is 20.1 Å².